The first-order chi connectivity index (χ1) is 7.69. The van der Waals surface area contributed by atoms with Crippen molar-refractivity contribution < 1.29 is 13.9 Å². The summed E-state index contributed by atoms with van der Waals surface area (Å²) in [6, 6.07) is 5.04. The van der Waals surface area contributed by atoms with E-state index in [1.807, 2.05) is 6.07 Å². The first kappa shape index (κ1) is 12.3. The Morgan fingerprint density at radius 2 is 2.35 bits per heavy atom. The van der Waals surface area contributed by atoms with Crippen LogP contribution in [0.2, 0.25) is 0 Å². The van der Waals surface area contributed by atoms with Gasteiger partial charge in [-0.05, 0) is 23.6 Å². The highest BCUT2D eigenvalue weighted by atomic mass is 35.5. The van der Waals surface area contributed by atoms with E-state index in [0.29, 0.717) is 18.5 Å². The van der Waals surface area contributed by atoms with Crippen LogP contribution in [0.5, 0.6) is 0 Å². The van der Waals surface area contributed by atoms with Crippen LogP contribution in [-0.2, 0) is 16.1 Å². The molecule has 92 valence electrons. The highest BCUT2D eigenvalue weighted by molar-refractivity contribution is 5.87. The Morgan fingerprint density at radius 3 is 3.06 bits per heavy atom. The second-order valence-electron chi connectivity index (χ2n) is 4.39. The molecule has 2 unspecified atom stereocenters. The van der Waals surface area contributed by atoms with E-state index in [4.69, 9.17) is 4.74 Å². The van der Waals surface area contributed by atoms with E-state index in [1.165, 1.54) is 13.2 Å². The lowest BCUT2D eigenvalue weighted by atomic mass is 9.95. The zero-order valence-corrected chi connectivity index (χ0v) is 10.1. The van der Waals surface area contributed by atoms with Gasteiger partial charge in [0.2, 0.25) is 0 Å². The molecule has 17 heavy (non-hydrogen) atoms. The van der Waals surface area contributed by atoms with Crippen LogP contribution >= 0.6 is 12.4 Å². The summed E-state index contributed by atoms with van der Waals surface area (Å²) >= 11 is 0. The van der Waals surface area contributed by atoms with E-state index < -0.39 is 5.54 Å². The number of esters is 1. The summed E-state index contributed by atoms with van der Waals surface area (Å²) in [6.07, 6.45) is 0.633. The zero-order valence-electron chi connectivity index (χ0n) is 9.33. The van der Waals surface area contributed by atoms with Crippen molar-refractivity contribution in [1.82, 2.24) is 5.32 Å². The molecule has 1 aliphatic heterocycles. The third kappa shape index (κ3) is 1.55. The van der Waals surface area contributed by atoms with Crippen molar-refractivity contribution >= 4 is 18.4 Å². The van der Waals surface area contributed by atoms with Gasteiger partial charge >= 0.3 is 5.97 Å². The molecule has 1 aromatic rings. The van der Waals surface area contributed by atoms with Gasteiger partial charge in [0.15, 0.2) is 0 Å². The van der Waals surface area contributed by atoms with Crippen molar-refractivity contribution in [2.75, 3.05) is 7.11 Å². The Kier molecular flexibility index (Phi) is 2.87. The van der Waals surface area contributed by atoms with Crippen molar-refractivity contribution in [1.29, 1.82) is 0 Å². The van der Waals surface area contributed by atoms with Crippen molar-refractivity contribution in [2.24, 2.45) is 0 Å². The summed E-state index contributed by atoms with van der Waals surface area (Å²) in [7, 11) is 1.37. The van der Waals surface area contributed by atoms with Crippen molar-refractivity contribution in [2.45, 2.75) is 24.4 Å². The monoisotopic (exact) mass is 257 g/mol. The Bertz CT molecular complexity index is 480. The van der Waals surface area contributed by atoms with Gasteiger partial charge in [-0.25, -0.2) is 4.39 Å². The van der Waals surface area contributed by atoms with E-state index in [-0.39, 0.29) is 30.1 Å². The number of rotatable bonds is 1. The predicted octanol–water partition coefficient (Wildman–Crippen LogP) is 1.75. The maximum Gasteiger partial charge on any atom is 0.326 e. The average Bonchev–Trinajstić information content (AvgIpc) is 3.04. The van der Waals surface area contributed by atoms with E-state index in [2.05, 4.69) is 5.32 Å². The van der Waals surface area contributed by atoms with Gasteiger partial charge in [-0.3, -0.25) is 10.1 Å². The van der Waals surface area contributed by atoms with E-state index in [1.54, 1.807) is 6.07 Å². The van der Waals surface area contributed by atoms with Crippen LogP contribution in [0.3, 0.4) is 0 Å². The smallest absolute Gasteiger partial charge is 0.326 e. The molecule has 0 aromatic heterocycles. The summed E-state index contributed by atoms with van der Waals surface area (Å²) in [5.41, 5.74) is 0.970. The summed E-state index contributed by atoms with van der Waals surface area (Å²) < 4.78 is 18.5. The summed E-state index contributed by atoms with van der Waals surface area (Å²) in [5, 5.41) is 3.16. The van der Waals surface area contributed by atoms with Crippen LogP contribution in [0.15, 0.2) is 18.2 Å². The number of carbonyl (C=O) groups excluding carboxylic acids is 1. The number of ether oxygens (including phenoxy) is 1. The number of carbonyl (C=O) groups is 1. The van der Waals surface area contributed by atoms with Gasteiger partial charge in [0.05, 0.1) is 7.11 Å². The van der Waals surface area contributed by atoms with E-state index >= 15 is 0 Å². The minimum Gasteiger partial charge on any atom is -0.468 e. The quantitative estimate of drug-likeness (QED) is 0.779. The highest BCUT2D eigenvalue weighted by Crippen LogP contribution is 2.56. The van der Waals surface area contributed by atoms with Crippen LogP contribution in [0.25, 0.3) is 0 Å². The zero-order chi connectivity index (χ0) is 11.3. The van der Waals surface area contributed by atoms with Crippen molar-refractivity contribution in [3.63, 3.8) is 0 Å². The lowest BCUT2D eigenvalue weighted by Crippen LogP contribution is -2.44. The van der Waals surface area contributed by atoms with Crippen LogP contribution in [0.1, 0.15) is 23.5 Å². The molecule has 1 N–H and O–H groups in total. The topological polar surface area (TPSA) is 38.3 Å². The Balaban J connectivity index is 0.00000108. The fraction of sp³-hybridized carbons (Fsp3) is 0.417. The van der Waals surface area contributed by atoms with Gasteiger partial charge in [0, 0.05) is 12.5 Å². The molecule has 1 aromatic carbocycles. The molecule has 1 heterocycles. The number of nitrogens with one attached hydrogen (secondary N) is 1. The second kappa shape index (κ2) is 3.96. The minimum atomic E-state index is -0.663. The Hall–Kier alpha value is -1.13. The molecular formula is C12H13ClFNO2. The summed E-state index contributed by atoms with van der Waals surface area (Å²) in [5.74, 6) is -0.564. The molecular weight excluding hydrogens is 245 g/mol. The first-order valence-electron chi connectivity index (χ1n) is 5.30. The third-order valence-electron chi connectivity index (χ3n) is 3.60. The molecule has 0 saturated heterocycles. The van der Waals surface area contributed by atoms with Crippen molar-refractivity contribution in [3.8, 4) is 0 Å². The molecule has 2 atom stereocenters. The molecule has 3 rings (SSSR count). The van der Waals surface area contributed by atoms with Gasteiger partial charge in [0.25, 0.3) is 0 Å². The molecule has 0 spiro atoms. The number of fused-ring (bicyclic) bond motifs is 3. The van der Waals surface area contributed by atoms with Crippen molar-refractivity contribution in [3.05, 3.63) is 35.1 Å². The standard InChI is InChI=1S/C12H12FNO2.ClH/c1-16-11(15)12-5-8(12)10-7(6-14-12)3-2-4-9(10)13;/h2-4,8,14H,5-6H2,1H3;1H. The summed E-state index contributed by atoms with van der Waals surface area (Å²) in [6.45, 7) is 0.526. The molecule has 1 saturated carbocycles. The molecule has 0 bridgehead atoms. The predicted molar refractivity (Wildman–Crippen MR) is 62.6 cm³/mol. The van der Waals surface area contributed by atoms with Crippen LogP contribution in [-0.4, -0.2) is 18.6 Å². The molecule has 0 amide bonds. The number of benzene rings is 1. The van der Waals surface area contributed by atoms with Gasteiger partial charge < -0.3 is 4.74 Å². The largest absolute Gasteiger partial charge is 0.468 e. The molecule has 2 aliphatic rings. The number of hydrogen-bond donors (Lipinski definition) is 1. The maximum atomic E-state index is 13.7. The Labute approximate surface area is 105 Å². The number of halogens is 2. The van der Waals surface area contributed by atoms with Crippen LogP contribution < -0.4 is 5.32 Å². The second-order valence-corrected chi connectivity index (χ2v) is 4.39. The fourth-order valence-electron chi connectivity index (χ4n) is 2.67. The molecule has 3 nitrogen and oxygen atoms in total. The van der Waals surface area contributed by atoms with Gasteiger partial charge in [-0.1, -0.05) is 12.1 Å². The molecule has 0 radical (unpaired) electrons. The summed E-state index contributed by atoms with van der Waals surface area (Å²) in [4.78, 5) is 11.6. The van der Waals surface area contributed by atoms with Gasteiger partial charge in [-0.2, -0.15) is 0 Å². The van der Waals surface area contributed by atoms with Crippen LogP contribution in [0.4, 0.5) is 4.39 Å². The van der Waals surface area contributed by atoms with E-state index in [9.17, 15) is 9.18 Å². The van der Waals surface area contributed by atoms with Gasteiger partial charge in [0.1, 0.15) is 11.4 Å². The third-order valence-corrected chi connectivity index (χ3v) is 3.60. The van der Waals surface area contributed by atoms with Gasteiger partial charge in [-0.15, -0.1) is 12.4 Å². The number of methoxy groups -OCH3 is 1. The average molecular weight is 258 g/mol. The van der Waals surface area contributed by atoms with Crippen LogP contribution in [0, 0.1) is 5.82 Å². The molecule has 5 heteroatoms. The maximum absolute atomic E-state index is 13.7. The highest BCUT2D eigenvalue weighted by Gasteiger charge is 2.64. The molecule has 1 aliphatic carbocycles. The molecule has 1 fully saturated rings. The minimum absolute atomic E-state index is 0. The SMILES string of the molecule is COC(=O)C12CC1c1c(F)cccc1CN2.Cl. The number of hydrogen-bond acceptors (Lipinski definition) is 3. The fourth-order valence-corrected chi connectivity index (χ4v) is 2.67. The Morgan fingerprint density at radius 1 is 1.59 bits per heavy atom. The first-order valence-corrected chi connectivity index (χ1v) is 5.30. The lowest BCUT2D eigenvalue weighted by molar-refractivity contribution is -0.144. The van der Waals surface area contributed by atoms with E-state index in [0.717, 1.165) is 5.56 Å². The normalized spacial score (nSPS) is 28.5. The lowest BCUT2D eigenvalue weighted by Gasteiger charge is -2.24.